The minimum atomic E-state index is -1.17. The predicted molar refractivity (Wildman–Crippen MR) is 128 cm³/mol. The van der Waals surface area contributed by atoms with Crippen LogP contribution in [0.3, 0.4) is 0 Å². The summed E-state index contributed by atoms with van der Waals surface area (Å²) in [5.74, 6) is -3.12. The van der Waals surface area contributed by atoms with Gasteiger partial charge in [-0.3, -0.25) is 14.4 Å². The van der Waals surface area contributed by atoms with E-state index in [0.717, 1.165) is 5.57 Å². The molecule has 0 radical (unpaired) electrons. The number of rotatable bonds is 9. The van der Waals surface area contributed by atoms with E-state index in [9.17, 15) is 14.4 Å². The maximum absolute atomic E-state index is 13.7. The van der Waals surface area contributed by atoms with Crippen molar-refractivity contribution in [2.75, 3.05) is 0 Å². The molecule has 0 heterocycles. The fourth-order valence-electron chi connectivity index (χ4n) is 3.61. The molecule has 0 aliphatic rings. The molecule has 0 fully saturated rings. The van der Waals surface area contributed by atoms with E-state index in [0.29, 0.717) is 16.7 Å². The van der Waals surface area contributed by atoms with Gasteiger partial charge in [0.2, 0.25) is 0 Å². The monoisotopic (exact) mass is 422 g/mol. The number of allylic oxidation sites excluding steroid dienone is 4. The molecule has 0 aromatic heterocycles. The number of Topliss-reactive ketones (excluding diaryl/α,β-unsaturated/α-hetero) is 2. The third-order valence-corrected chi connectivity index (χ3v) is 5.17. The molecule has 0 bridgehead atoms. The van der Waals surface area contributed by atoms with Gasteiger partial charge in [0.05, 0.1) is 11.8 Å². The van der Waals surface area contributed by atoms with Crippen LogP contribution in [0.15, 0.2) is 115 Å². The minimum absolute atomic E-state index is 0.285. The Labute approximate surface area is 189 Å². The number of hydrogen-bond donors (Lipinski definition) is 0. The average Bonchev–Trinajstić information content (AvgIpc) is 2.83. The number of benzene rings is 3. The summed E-state index contributed by atoms with van der Waals surface area (Å²) in [6, 6.07) is 26.4. The Morgan fingerprint density at radius 3 is 1.53 bits per heavy atom. The molecule has 0 aliphatic carbocycles. The first-order valence-corrected chi connectivity index (χ1v) is 10.6. The van der Waals surface area contributed by atoms with Crippen LogP contribution in [0.1, 0.15) is 46.0 Å². The topological polar surface area (TPSA) is 51.2 Å². The molecule has 3 aromatic rings. The Bertz CT molecular complexity index is 1070. The highest BCUT2D eigenvalue weighted by Gasteiger charge is 2.39. The summed E-state index contributed by atoms with van der Waals surface area (Å²) in [6.07, 6.45) is 4.95. The van der Waals surface area contributed by atoms with Crippen LogP contribution in [0, 0.1) is 5.92 Å². The van der Waals surface area contributed by atoms with E-state index < -0.39 is 11.8 Å². The average molecular weight is 423 g/mol. The highest BCUT2D eigenvalue weighted by atomic mass is 16.2. The van der Waals surface area contributed by atoms with Crippen LogP contribution in [-0.4, -0.2) is 17.3 Å². The zero-order valence-corrected chi connectivity index (χ0v) is 18.3. The third kappa shape index (κ3) is 5.64. The minimum Gasteiger partial charge on any atom is -0.294 e. The fourth-order valence-corrected chi connectivity index (χ4v) is 3.61. The maximum Gasteiger partial charge on any atom is 0.174 e. The first kappa shape index (κ1) is 22.8. The summed E-state index contributed by atoms with van der Waals surface area (Å²) >= 11 is 0. The van der Waals surface area contributed by atoms with Gasteiger partial charge >= 0.3 is 0 Å². The fraction of sp³-hybridized carbons (Fsp3) is 0.138. The second-order valence-electron chi connectivity index (χ2n) is 7.83. The molecule has 0 amide bonds. The van der Waals surface area contributed by atoms with Crippen molar-refractivity contribution in [2.45, 2.75) is 19.8 Å². The van der Waals surface area contributed by atoms with E-state index in [2.05, 4.69) is 0 Å². The molecule has 3 rings (SSSR count). The molecule has 3 heteroatoms. The summed E-state index contributed by atoms with van der Waals surface area (Å²) in [7, 11) is 0. The van der Waals surface area contributed by atoms with E-state index in [1.807, 2.05) is 50.3 Å². The van der Waals surface area contributed by atoms with Gasteiger partial charge in [0.1, 0.15) is 0 Å². The molecule has 0 N–H and O–H groups in total. The molecule has 1 atom stereocenters. The van der Waals surface area contributed by atoms with Gasteiger partial charge < -0.3 is 0 Å². The van der Waals surface area contributed by atoms with Gasteiger partial charge in [-0.05, 0) is 25.5 Å². The number of carbonyl (C=O) groups excluding carboxylic acids is 3. The number of carbonyl (C=O) groups is 3. The van der Waals surface area contributed by atoms with Crippen molar-refractivity contribution in [3.05, 3.63) is 131 Å². The first-order valence-electron chi connectivity index (χ1n) is 10.6. The van der Waals surface area contributed by atoms with Crippen LogP contribution in [0.25, 0.3) is 0 Å². The molecule has 3 aromatic carbocycles. The van der Waals surface area contributed by atoms with Crippen molar-refractivity contribution in [3.63, 3.8) is 0 Å². The largest absolute Gasteiger partial charge is 0.294 e. The Morgan fingerprint density at radius 1 is 0.656 bits per heavy atom. The van der Waals surface area contributed by atoms with Crippen LogP contribution < -0.4 is 0 Å². The van der Waals surface area contributed by atoms with Crippen LogP contribution in [0.2, 0.25) is 0 Å². The number of hydrogen-bond acceptors (Lipinski definition) is 3. The Hall–Kier alpha value is -3.85. The summed E-state index contributed by atoms with van der Waals surface area (Å²) in [5, 5.41) is 0. The maximum atomic E-state index is 13.7. The second kappa shape index (κ2) is 11.0. The summed E-state index contributed by atoms with van der Waals surface area (Å²) in [5.41, 5.74) is 2.49. The van der Waals surface area contributed by atoms with E-state index in [1.165, 1.54) is 6.08 Å². The SMILES string of the molecule is CC(C)=C/C=C/C(=O)[C@@H](c1ccccc1)C(C(=O)c1ccccc1)C(=O)c1ccccc1. The van der Waals surface area contributed by atoms with Gasteiger partial charge in [-0.1, -0.05) is 109 Å². The normalized spacial score (nSPS) is 11.8. The molecule has 32 heavy (non-hydrogen) atoms. The van der Waals surface area contributed by atoms with Crippen LogP contribution >= 0.6 is 0 Å². The molecular formula is C29H26O3. The van der Waals surface area contributed by atoms with Crippen molar-refractivity contribution in [1.82, 2.24) is 0 Å². The van der Waals surface area contributed by atoms with Crippen molar-refractivity contribution in [3.8, 4) is 0 Å². The summed E-state index contributed by atoms with van der Waals surface area (Å²) in [6.45, 7) is 3.87. The zero-order valence-electron chi connectivity index (χ0n) is 18.3. The molecular weight excluding hydrogens is 396 g/mol. The lowest BCUT2D eigenvalue weighted by molar-refractivity contribution is -0.116. The van der Waals surface area contributed by atoms with Crippen molar-refractivity contribution in [1.29, 1.82) is 0 Å². The zero-order chi connectivity index (χ0) is 22.9. The Balaban J connectivity index is 2.15. The Kier molecular flexibility index (Phi) is 7.82. The third-order valence-electron chi connectivity index (χ3n) is 5.17. The molecule has 3 nitrogen and oxygen atoms in total. The van der Waals surface area contributed by atoms with Gasteiger partial charge in [0.25, 0.3) is 0 Å². The van der Waals surface area contributed by atoms with E-state index in [1.54, 1.807) is 66.7 Å². The van der Waals surface area contributed by atoms with Gasteiger partial charge in [0.15, 0.2) is 17.3 Å². The van der Waals surface area contributed by atoms with Crippen LogP contribution in [0.4, 0.5) is 0 Å². The highest BCUT2D eigenvalue weighted by Crippen LogP contribution is 2.32. The number of ketones is 3. The van der Waals surface area contributed by atoms with Crippen molar-refractivity contribution in [2.24, 2.45) is 5.92 Å². The van der Waals surface area contributed by atoms with Crippen LogP contribution in [-0.2, 0) is 4.79 Å². The molecule has 0 saturated heterocycles. The molecule has 0 unspecified atom stereocenters. The quantitative estimate of drug-likeness (QED) is 0.177. The van der Waals surface area contributed by atoms with E-state index >= 15 is 0 Å². The lowest BCUT2D eigenvalue weighted by Crippen LogP contribution is -2.34. The second-order valence-corrected chi connectivity index (χ2v) is 7.83. The lowest BCUT2D eigenvalue weighted by atomic mass is 9.75. The summed E-state index contributed by atoms with van der Waals surface area (Å²) in [4.78, 5) is 40.7. The molecule has 0 saturated carbocycles. The lowest BCUT2D eigenvalue weighted by Gasteiger charge is -2.24. The molecule has 0 aliphatic heterocycles. The highest BCUT2D eigenvalue weighted by molar-refractivity contribution is 6.20. The van der Waals surface area contributed by atoms with Crippen molar-refractivity contribution >= 4 is 17.3 Å². The molecule has 0 spiro atoms. The van der Waals surface area contributed by atoms with Crippen LogP contribution in [0.5, 0.6) is 0 Å². The van der Waals surface area contributed by atoms with E-state index in [-0.39, 0.29) is 17.3 Å². The van der Waals surface area contributed by atoms with Gasteiger partial charge in [-0.2, -0.15) is 0 Å². The van der Waals surface area contributed by atoms with Gasteiger partial charge in [-0.25, -0.2) is 0 Å². The summed E-state index contributed by atoms with van der Waals surface area (Å²) < 4.78 is 0. The standard InChI is InChI=1S/C29H26O3/c1-21(2)13-12-20-25(30)26(22-14-6-3-7-15-22)27(28(31)23-16-8-4-9-17-23)29(32)24-18-10-5-11-19-24/h3-20,26-27H,1-2H3/b20-12+/t26-/m1/s1. The van der Waals surface area contributed by atoms with Gasteiger partial charge in [0, 0.05) is 11.1 Å². The van der Waals surface area contributed by atoms with E-state index in [4.69, 9.17) is 0 Å². The Morgan fingerprint density at radius 2 is 1.09 bits per heavy atom. The first-order chi connectivity index (χ1) is 15.5. The smallest absolute Gasteiger partial charge is 0.174 e. The predicted octanol–water partition coefficient (Wildman–Crippen LogP) is 6.24. The molecule has 160 valence electrons. The van der Waals surface area contributed by atoms with Crippen molar-refractivity contribution < 1.29 is 14.4 Å². The van der Waals surface area contributed by atoms with Gasteiger partial charge in [-0.15, -0.1) is 0 Å².